The Hall–Kier alpha value is -2.61. The fourth-order valence-electron chi connectivity index (χ4n) is 3.90. The van der Waals surface area contributed by atoms with E-state index in [0.717, 1.165) is 0 Å². The first kappa shape index (κ1) is 24.1. The number of hydrogen-bond acceptors (Lipinski definition) is 5. The molecule has 1 aromatic heterocycles. The Morgan fingerprint density at radius 3 is 2.20 bits per heavy atom. The van der Waals surface area contributed by atoms with E-state index in [2.05, 4.69) is 5.16 Å². The Labute approximate surface area is 225 Å². The molecule has 0 radical (unpaired) electrons. The van der Waals surface area contributed by atoms with E-state index in [1.165, 1.54) is 9.96 Å². The predicted octanol–water partition coefficient (Wildman–Crippen LogP) is 8.99. The van der Waals surface area contributed by atoms with E-state index in [9.17, 15) is 4.79 Å². The normalized spacial score (nSPS) is 15.6. The van der Waals surface area contributed by atoms with Gasteiger partial charge in [-0.1, -0.05) is 87.4 Å². The SMILES string of the molecule is Cc1onc(-c2c(Cl)cccc2Cl)c1N1C(=O)ON(c2ccc(Cl)c(Cl)c2)C1c1ccccc1Cl. The van der Waals surface area contributed by atoms with Gasteiger partial charge >= 0.3 is 6.09 Å². The predicted molar refractivity (Wildman–Crippen MR) is 139 cm³/mol. The summed E-state index contributed by atoms with van der Waals surface area (Å²) in [6.07, 6.45) is -1.55. The third-order valence-electron chi connectivity index (χ3n) is 5.45. The monoisotopic (exact) mass is 567 g/mol. The molecule has 1 fully saturated rings. The van der Waals surface area contributed by atoms with Crippen LogP contribution in [0.25, 0.3) is 11.3 Å². The number of aryl methyl sites for hydroxylation is 1. The number of carbonyl (C=O) groups excluding carboxylic acids is 1. The molecule has 0 bridgehead atoms. The van der Waals surface area contributed by atoms with Gasteiger partial charge in [0, 0.05) is 16.1 Å². The fraction of sp³-hybridized carbons (Fsp3) is 0.0833. The van der Waals surface area contributed by atoms with Gasteiger partial charge < -0.3 is 9.36 Å². The molecular formula is C24H14Cl5N3O3. The Morgan fingerprint density at radius 2 is 1.51 bits per heavy atom. The number of rotatable bonds is 4. The lowest BCUT2D eigenvalue weighted by Gasteiger charge is -2.28. The molecule has 1 amide bonds. The third kappa shape index (κ3) is 4.20. The smallest absolute Gasteiger partial charge is 0.359 e. The van der Waals surface area contributed by atoms with E-state index in [1.807, 2.05) is 6.07 Å². The van der Waals surface area contributed by atoms with Gasteiger partial charge in [0.05, 0.1) is 25.8 Å². The van der Waals surface area contributed by atoms with Crippen molar-refractivity contribution < 1.29 is 14.2 Å². The van der Waals surface area contributed by atoms with E-state index in [1.54, 1.807) is 61.5 Å². The quantitative estimate of drug-likeness (QED) is 0.245. The van der Waals surface area contributed by atoms with E-state index in [4.69, 9.17) is 67.4 Å². The van der Waals surface area contributed by atoms with Gasteiger partial charge in [0.25, 0.3) is 0 Å². The summed E-state index contributed by atoms with van der Waals surface area (Å²) in [5.41, 5.74) is 2.09. The molecule has 1 saturated heterocycles. The van der Waals surface area contributed by atoms with Crippen LogP contribution in [0, 0.1) is 6.92 Å². The maximum absolute atomic E-state index is 13.4. The Kier molecular flexibility index (Phi) is 6.51. The minimum absolute atomic E-state index is 0.281. The van der Waals surface area contributed by atoms with E-state index >= 15 is 0 Å². The van der Waals surface area contributed by atoms with Crippen LogP contribution in [0.3, 0.4) is 0 Å². The summed E-state index contributed by atoms with van der Waals surface area (Å²) in [6.45, 7) is 1.68. The molecule has 4 aromatic rings. The first-order valence-electron chi connectivity index (χ1n) is 10.2. The Balaban J connectivity index is 1.73. The third-order valence-corrected chi connectivity index (χ3v) is 7.17. The molecule has 0 aliphatic carbocycles. The van der Waals surface area contributed by atoms with E-state index < -0.39 is 12.3 Å². The van der Waals surface area contributed by atoms with Crippen molar-refractivity contribution in [3.63, 3.8) is 0 Å². The van der Waals surface area contributed by atoms with Crippen LogP contribution in [0.5, 0.6) is 0 Å². The average Bonchev–Trinajstić information content (AvgIpc) is 3.35. The Bertz CT molecular complexity index is 1440. The number of aromatic nitrogens is 1. The van der Waals surface area contributed by atoms with Crippen molar-refractivity contribution in [2.45, 2.75) is 13.1 Å². The van der Waals surface area contributed by atoms with Gasteiger partial charge in [-0.05, 0) is 43.3 Å². The van der Waals surface area contributed by atoms with Gasteiger partial charge in [-0.25, -0.2) is 9.69 Å². The largest absolute Gasteiger partial charge is 0.441 e. The summed E-state index contributed by atoms with van der Waals surface area (Å²) in [5.74, 6) is 0.348. The van der Waals surface area contributed by atoms with Crippen LogP contribution >= 0.6 is 58.0 Å². The summed E-state index contributed by atoms with van der Waals surface area (Å²) in [4.78, 5) is 20.6. The summed E-state index contributed by atoms with van der Waals surface area (Å²) < 4.78 is 5.50. The van der Waals surface area contributed by atoms with Crippen molar-refractivity contribution in [3.05, 3.63) is 97.1 Å². The second-order valence-electron chi connectivity index (χ2n) is 7.58. The summed E-state index contributed by atoms with van der Waals surface area (Å²) in [5, 5.41) is 7.33. The van der Waals surface area contributed by atoms with Gasteiger partial charge in [0.15, 0.2) is 11.9 Å². The van der Waals surface area contributed by atoms with Crippen LogP contribution in [0.15, 0.2) is 65.2 Å². The number of hydroxylamine groups is 1. The zero-order valence-corrected chi connectivity index (χ0v) is 21.6. The summed E-state index contributed by atoms with van der Waals surface area (Å²) >= 11 is 31.9. The summed E-state index contributed by atoms with van der Waals surface area (Å²) in [7, 11) is 0. The van der Waals surface area contributed by atoms with Gasteiger partial charge in [-0.15, -0.1) is 0 Å². The van der Waals surface area contributed by atoms with Crippen LogP contribution in [-0.4, -0.2) is 11.2 Å². The molecule has 11 heteroatoms. The molecule has 6 nitrogen and oxygen atoms in total. The molecule has 1 atom stereocenters. The van der Waals surface area contributed by atoms with Gasteiger partial charge in [0.1, 0.15) is 11.4 Å². The standard InChI is InChI=1S/C24H14Cl5N3O3/c1-12-22(21(30-34-12)20-17(27)7-4-8-18(20)28)31-23(14-5-2-3-6-15(14)25)32(35-24(31)33)13-9-10-16(26)19(29)11-13/h2-11,23H,1H3. The molecule has 1 aliphatic rings. The number of amides is 1. The molecule has 178 valence electrons. The molecule has 1 unspecified atom stereocenters. The lowest BCUT2D eigenvalue weighted by Crippen LogP contribution is -2.32. The minimum Gasteiger partial charge on any atom is -0.359 e. The summed E-state index contributed by atoms with van der Waals surface area (Å²) in [6, 6.07) is 17.0. The molecule has 35 heavy (non-hydrogen) atoms. The molecular weight excluding hydrogens is 556 g/mol. The minimum atomic E-state index is -0.855. The van der Waals surface area contributed by atoms with Gasteiger partial charge in [-0.3, -0.25) is 0 Å². The van der Waals surface area contributed by atoms with Crippen molar-refractivity contribution in [1.82, 2.24) is 5.16 Å². The first-order valence-corrected chi connectivity index (χ1v) is 12.1. The number of benzene rings is 3. The van der Waals surface area contributed by atoms with Crippen molar-refractivity contribution >= 4 is 75.5 Å². The topological polar surface area (TPSA) is 58.8 Å². The number of anilines is 2. The molecule has 0 spiro atoms. The zero-order chi connectivity index (χ0) is 24.9. The molecule has 3 aromatic carbocycles. The highest BCUT2D eigenvalue weighted by Gasteiger charge is 2.46. The number of nitrogens with zero attached hydrogens (tertiary/aromatic N) is 3. The van der Waals surface area contributed by atoms with E-state index in [-0.39, 0.29) is 5.69 Å². The van der Waals surface area contributed by atoms with Crippen molar-refractivity contribution in [3.8, 4) is 11.3 Å². The number of hydrogen-bond donors (Lipinski definition) is 0. The van der Waals surface area contributed by atoms with Crippen molar-refractivity contribution in [1.29, 1.82) is 0 Å². The van der Waals surface area contributed by atoms with Crippen molar-refractivity contribution in [2.24, 2.45) is 0 Å². The second kappa shape index (κ2) is 9.45. The van der Waals surface area contributed by atoms with Gasteiger partial charge in [0.2, 0.25) is 0 Å². The Morgan fingerprint density at radius 1 is 0.829 bits per heavy atom. The van der Waals surface area contributed by atoms with Crippen LogP contribution in [-0.2, 0) is 4.84 Å². The second-order valence-corrected chi connectivity index (χ2v) is 9.62. The number of halogens is 5. The first-order chi connectivity index (χ1) is 16.8. The van der Waals surface area contributed by atoms with Gasteiger partial charge in [-0.2, -0.15) is 5.06 Å². The number of carbonyl (C=O) groups is 1. The maximum atomic E-state index is 13.4. The van der Waals surface area contributed by atoms with E-state index in [0.29, 0.717) is 53.4 Å². The average molecular weight is 570 g/mol. The molecule has 1 aliphatic heterocycles. The van der Waals surface area contributed by atoms with Crippen LogP contribution in [0.1, 0.15) is 17.5 Å². The van der Waals surface area contributed by atoms with Crippen LogP contribution < -0.4 is 9.96 Å². The zero-order valence-electron chi connectivity index (χ0n) is 17.8. The van der Waals surface area contributed by atoms with Crippen molar-refractivity contribution in [2.75, 3.05) is 9.96 Å². The molecule has 5 rings (SSSR count). The highest BCUT2D eigenvalue weighted by Crippen LogP contribution is 2.48. The molecule has 0 N–H and O–H groups in total. The fourth-order valence-corrected chi connectivity index (χ4v) is 5.00. The molecule has 2 heterocycles. The lowest BCUT2D eigenvalue weighted by atomic mass is 10.1. The maximum Gasteiger partial charge on any atom is 0.441 e. The van der Waals surface area contributed by atoms with Crippen LogP contribution in [0.4, 0.5) is 16.2 Å². The van der Waals surface area contributed by atoms with Crippen LogP contribution in [0.2, 0.25) is 25.1 Å². The molecule has 0 saturated carbocycles. The lowest BCUT2D eigenvalue weighted by molar-refractivity contribution is 0.164. The highest BCUT2D eigenvalue weighted by atomic mass is 35.5. The highest BCUT2D eigenvalue weighted by molar-refractivity contribution is 6.42.